The molecule has 2 aliphatic heterocycles. The van der Waals surface area contributed by atoms with Crippen molar-refractivity contribution >= 4 is 34.4 Å². The number of methoxy groups -OCH3 is 1. The number of amides is 1. The van der Waals surface area contributed by atoms with Gasteiger partial charge in [0.2, 0.25) is 5.95 Å². The number of aromatic amines is 1. The summed E-state index contributed by atoms with van der Waals surface area (Å²) >= 11 is 0. The number of nitrogens with zero attached hydrogens (tertiary/aromatic N) is 3. The van der Waals surface area contributed by atoms with Gasteiger partial charge in [-0.1, -0.05) is 0 Å². The normalized spacial score (nSPS) is 15.6. The van der Waals surface area contributed by atoms with E-state index < -0.39 is 11.7 Å². The van der Waals surface area contributed by atoms with Crippen molar-refractivity contribution < 1.29 is 36.9 Å². The number of hydrogen-bond acceptors (Lipinski definition) is 9. The van der Waals surface area contributed by atoms with Crippen LogP contribution in [-0.4, -0.2) is 85.5 Å². The number of rotatable bonds is 7. The largest absolute Gasteiger partial charge is 0.485 e. The number of carbonyl (C=O) groups excluding carboxylic acids is 1. The van der Waals surface area contributed by atoms with E-state index in [-0.39, 0.29) is 60.8 Å². The lowest BCUT2D eigenvalue weighted by atomic mass is 10.1. The quantitative estimate of drug-likeness (QED) is 0.402. The second-order valence-corrected chi connectivity index (χ2v) is 8.28. The van der Waals surface area contributed by atoms with Gasteiger partial charge in [-0.05, 0) is 12.1 Å². The highest BCUT2D eigenvalue weighted by Gasteiger charge is 2.36. The molecule has 0 unspecified atom stereocenters. The van der Waals surface area contributed by atoms with Crippen LogP contribution >= 0.6 is 0 Å². The molecule has 37 heavy (non-hydrogen) atoms. The van der Waals surface area contributed by atoms with Crippen LogP contribution in [0, 0.1) is 0 Å². The minimum atomic E-state index is -4.60. The average Bonchev–Trinajstić information content (AvgIpc) is 3.34. The van der Waals surface area contributed by atoms with E-state index in [4.69, 9.17) is 18.9 Å². The molecule has 1 saturated heterocycles. The number of benzene rings is 1. The van der Waals surface area contributed by atoms with Crippen molar-refractivity contribution in [1.29, 1.82) is 0 Å². The smallest absolute Gasteiger partial charge is 0.418 e. The molecule has 0 aliphatic carbocycles. The summed E-state index contributed by atoms with van der Waals surface area (Å²) in [6.45, 7) is 2.87. The second-order valence-electron chi connectivity index (χ2n) is 8.28. The summed E-state index contributed by atoms with van der Waals surface area (Å²) in [4.78, 5) is 25.9. The first-order valence-electron chi connectivity index (χ1n) is 11.6. The molecule has 3 aromatic rings. The van der Waals surface area contributed by atoms with Gasteiger partial charge in [0.1, 0.15) is 24.7 Å². The fourth-order valence-electron chi connectivity index (χ4n) is 4.17. The highest BCUT2D eigenvalue weighted by Crippen LogP contribution is 2.43. The topological polar surface area (TPSA) is 123 Å². The van der Waals surface area contributed by atoms with Gasteiger partial charge in [-0.2, -0.15) is 23.1 Å². The number of aromatic nitrogens is 3. The molecule has 4 heterocycles. The minimum Gasteiger partial charge on any atom is -0.485 e. The Labute approximate surface area is 209 Å². The minimum absolute atomic E-state index is 0.00473. The molecule has 0 bridgehead atoms. The van der Waals surface area contributed by atoms with Gasteiger partial charge in [0, 0.05) is 32.9 Å². The van der Waals surface area contributed by atoms with Gasteiger partial charge >= 0.3 is 6.18 Å². The lowest BCUT2D eigenvalue weighted by molar-refractivity contribution is -0.136. The van der Waals surface area contributed by atoms with Gasteiger partial charge in [-0.15, -0.1) is 0 Å². The number of hydrogen-bond donors (Lipinski definition) is 3. The van der Waals surface area contributed by atoms with E-state index >= 15 is 0 Å². The van der Waals surface area contributed by atoms with Crippen LogP contribution in [0.15, 0.2) is 18.3 Å². The third-order valence-corrected chi connectivity index (χ3v) is 5.90. The molecule has 11 nitrogen and oxygen atoms in total. The molecule has 14 heteroatoms. The van der Waals surface area contributed by atoms with E-state index in [1.165, 1.54) is 7.11 Å². The maximum atomic E-state index is 13.6. The summed E-state index contributed by atoms with van der Waals surface area (Å²) in [6.07, 6.45) is -3.74. The number of nitrogens with one attached hydrogen (secondary N) is 3. The lowest BCUT2D eigenvalue weighted by Crippen LogP contribution is -2.41. The van der Waals surface area contributed by atoms with E-state index in [0.717, 1.165) is 6.20 Å². The van der Waals surface area contributed by atoms with Gasteiger partial charge in [0.25, 0.3) is 5.91 Å². The maximum absolute atomic E-state index is 13.6. The molecular formula is C23H25F3N6O5. The van der Waals surface area contributed by atoms with Crippen molar-refractivity contribution in [2.75, 3.05) is 70.4 Å². The Hall–Kier alpha value is -3.78. The first-order valence-corrected chi connectivity index (χ1v) is 11.6. The number of carbonyl (C=O) groups is 1. The molecule has 0 spiro atoms. The zero-order valence-corrected chi connectivity index (χ0v) is 19.9. The Balaban J connectivity index is 1.50. The summed E-state index contributed by atoms with van der Waals surface area (Å²) in [5.74, 6) is 0.386. The molecule has 0 radical (unpaired) electrons. The number of morpholine rings is 1. The van der Waals surface area contributed by atoms with E-state index in [1.54, 1.807) is 17.0 Å². The fourth-order valence-corrected chi connectivity index (χ4v) is 4.17. The maximum Gasteiger partial charge on any atom is 0.418 e. The third kappa shape index (κ3) is 5.06. The van der Waals surface area contributed by atoms with E-state index in [2.05, 4.69) is 25.6 Å². The molecule has 198 valence electrons. The van der Waals surface area contributed by atoms with Crippen molar-refractivity contribution in [3.63, 3.8) is 0 Å². The van der Waals surface area contributed by atoms with Crippen LogP contribution in [0.1, 0.15) is 15.9 Å². The van der Waals surface area contributed by atoms with Crippen molar-refractivity contribution in [2.45, 2.75) is 6.18 Å². The lowest BCUT2D eigenvalue weighted by Gasteiger charge is -2.29. The van der Waals surface area contributed by atoms with E-state index in [1.807, 2.05) is 0 Å². The summed E-state index contributed by atoms with van der Waals surface area (Å²) in [7, 11) is 1.49. The number of ether oxygens (including phenoxy) is 4. The predicted octanol–water partition coefficient (Wildman–Crippen LogP) is 3.02. The molecule has 2 aliphatic rings. The Morgan fingerprint density at radius 1 is 1.14 bits per heavy atom. The number of fused-ring (bicyclic) bond motifs is 2. The second kappa shape index (κ2) is 10.3. The summed E-state index contributed by atoms with van der Waals surface area (Å²) < 4.78 is 62.7. The average molecular weight is 522 g/mol. The number of H-pyrrole nitrogens is 1. The summed E-state index contributed by atoms with van der Waals surface area (Å²) in [5.41, 5.74) is -0.137. The number of halogens is 3. The van der Waals surface area contributed by atoms with Crippen molar-refractivity contribution in [3.05, 3.63) is 29.5 Å². The van der Waals surface area contributed by atoms with Crippen molar-refractivity contribution in [3.8, 4) is 11.5 Å². The molecule has 1 amide bonds. The molecule has 0 saturated carbocycles. The van der Waals surface area contributed by atoms with Crippen LogP contribution in [0.4, 0.5) is 30.6 Å². The van der Waals surface area contributed by atoms with Gasteiger partial charge in [-0.3, -0.25) is 4.79 Å². The highest BCUT2D eigenvalue weighted by molar-refractivity contribution is 5.99. The molecule has 2 aromatic heterocycles. The highest BCUT2D eigenvalue weighted by atomic mass is 19.4. The predicted molar refractivity (Wildman–Crippen MR) is 127 cm³/mol. The SMILES string of the molecule is COCCNc1nc(Nc2ccc(C(=O)N3CCOCC3)c3c2OCCO3)nc2[nH]cc(C(F)(F)F)c12. The van der Waals surface area contributed by atoms with Crippen LogP contribution < -0.4 is 20.1 Å². The number of alkyl halides is 3. The molecule has 0 atom stereocenters. The Kier molecular flexibility index (Phi) is 6.93. The molecule has 3 N–H and O–H groups in total. The van der Waals surface area contributed by atoms with E-state index in [9.17, 15) is 18.0 Å². The van der Waals surface area contributed by atoms with Crippen LogP contribution in [-0.2, 0) is 15.7 Å². The zero-order chi connectivity index (χ0) is 26.0. The van der Waals surface area contributed by atoms with Crippen LogP contribution in [0.2, 0.25) is 0 Å². The molecule has 5 rings (SSSR count). The van der Waals surface area contributed by atoms with Gasteiger partial charge < -0.3 is 39.5 Å². The van der Waals surface area contributed by atoms with Crippen molar-refractivity contribution in [2.24, 2.45) is 0 Å². The van der Waals surface area contributed by atoms with Gasteiger partial charge in [0.05, 0.1) is 42.0 Å². The molecular weight excluding hydrogens is 497 g/mol. The van der Waals surface area contributed by atoms with Crippen LogP contribution in [0.25, 0.3) is 11.0 Å². The van der Waals surface area contributed by atoms with E-state index in [0.29, 0.717) is 43.3 Å². The first-order chi connectivity index (χ1) is 17.9. The molecule has 1 aromatic carbocycles. The Morgan fingerprint density at radius 3 is 2.62 bits per heavy atom. The van der Waals surface area contributed by atoms with Gasteiger partial charge in [-0.25, -0.2) is 0 Å². The Bertz CT molecular complexity index is 1290. The van der Waals surface area contributed by atoms with Crippen LogP contribution in [0.3, 0.4) is 0 Å². The summed E-state index contributed by atoms with van der Waals surface area (Å²) in [6, 6.07) is 3.24. The Morgan fingerprint density at radius 2 is 1.89 bits per heavy atom. The van der Waals surface area contributed by atoms with Crippen molar-refractivity contribution in [1.82, 2.24) is 19.9 Å². The van der Waals surface area contributed by atoms with Gasteiger partial charge in [0.15, 0.2) is 11.5 Å². The zero-order valence-electron chi connectivity index (χ0n) is 19.9. The third-order valence-electron chi connectivity index (χ3n) is 5.90. The standard InChI is InChI=1S/C23H25F3N6O5/c1-34-7-4-27-19-16-14(23(24,25)26)12-28-20(16)31-22(30-19)29-15-3-2-13(17-18(15)37-11-10-36-17)21(33)32-5-8-35-9-6-32/h2-3,12H,4-11H2,1H3,(H3,27,28,29,30,31). The monoisotopic (exact) mass is 522 g/mol. The molecule has 1 fully saturated rings. The van der Waals surface area contributed by atoms with Crippen LogP contribution in [0.5, 0.6) is 11.5 Å². The first kappa shape index (κ1) is 24.9. The fraction of sp³-hybridized carbons (Fsp3) is 0.435. The summed E-state index contributed by atoms with van der Waals surface area (Å²) in [5, 5.41) is 5.71. The number of anilines is 3.